The third kappa shape index (κ3) is 2.38. The van der Waals surface area contributed by atoms with Crippen LogP contribution in [0.25, 0.3) is 0 Å². The van der Waals surface area contributed by atoms with Crippen LogP contribution in [0.3, 0.4) is 0 Å². The molecule has 1 heterocycles. The highest BCUT2D eigenvalue weighted by atomic mass is 16.5. The number of carboxylic acid groups (broad SMARTS) is 1. The largest absolute Gasteiger partial charge is 0.508 e. The summed E-state index contributed by atoms with van der Waals surface area (Å²) < 4.78 is 5.89. The lowest BCUT2D eigenvalue weighted by atomic mass is 9.91. The first-order valence-electron chi connectivity index (χ1n) is 7.48. The average Bonchev–Trinajstić information content (AvgIpc) is 2.50. The molecule has 1 aromatic rings. The summed E-state index contributed by atoms with van der Waals surface area (Å²) in [7, 11) is 0. The van der Waals surface area contributed by atoms with Crippen molar-refractivity contribution in [2.24, 2.45) is 0 Å². The summed E-state index contributed by atoms with van der Waals surface area (Å²) in [6.45, 7) is 5.39. The summed E-state index contributed by atoms with van der Waals surface area (Å²) in [6.07, 6.45) is 1.14. The van der Waals surface area contributed by atoms with E-state index in [4.69, 9.17) is 4.74 Å². The van der Waals surface area contributed by atoms with E-state index in [0.717, 1.165) is 0 Å². The van der Waals surface area contributed by atoms with E-state index in [1.54, 1.807) is 13.0 Å². The molecule has 6 nitrogen and oxygen atoms in total. The Kier molecular flexibility index (Phi) is 4.30. The molecule has 0 aromatic heterocycles. The maximum absolute atomic E-state index is 12.9. The number of hydrogen-bond donors (Lipinski definition) is 2. The van der Waals surface area contributed by atoms with Crippen LogP contribution in [0.15, 0.2) is 18.2 Å². The quantitative estimate of drug-likeness (QED) is 0.873. The van der Waals surface area contributed by atoms with Crippen LogP contribution in [-0.2, 0) is 9.59 Å². The number of benzene rings is 1. The Hall–Kier alpha value is -2.24. The summed E-state index contributed by atoms with van der Waals surface area (Å²) >= 11 is 0. The Balaban J connectivity index is 2.65. The van der Waals surface area contributed by atoms with Crippen LogP contribution < -0.4 is 9.64 Å². The molecular weight excluding hydrogens is 286 g/mol. The number of rotatable bonds is 5. The lowest BCUT2D eigenvalue weighted by molar-refractivity contribution is -0.144. The molecule has 0 fully saturated rings. The number of phenols is 1. The van der Waals surface area contributed by atoms with Crippen molar-refractivity contribution in [1.82, 2.24) is 0 Å². The number of anilines is 1. The van der Waals surface area contributed by atoms with Crippen molar-refractivity contribution >= 4 is 17.6 Å². The number of aliphatic carboxylic acids is 1. The molecule has 1 unspecified atom stereocenters. The van der Waals surface area contributed by atoms with E-state index in [1.807, 2.05) is 13.8 Å². The van der Waals surface area contributed by atoms with E-state index in [9.17, 15) is 19.8 Å². The maximum Gasteiger partial charge on any atom is 0.326 e. The molecule has 6 heteroatoms. The summed E-state index contributed by atoms with van der Waals surface area (Å²) in [6, 6.07) is 3.41. The van der Waals surface area contributed by atoms with Crippen molar-refractivity contribution in [3.63, 3.8) is 0 Å². The number of phenolic OH excluding ortho intramolecular Hbond substituents is 1. The van der Waals surface area contributed by atoms with Gasteiger partial charge in [-0.25, -0.2) is 4.79 Å². The molecule has 0 radical (unpaired) electrons. The molecule has 1 atom stereocenters. The number of hydrogen-bond acceptors (Lipinski definition) is 4. The Morgan fingerprint density at radius 3 is 2.45 bits per heavy atom. The van der Waals surface area contributed by atoms with Gasteiger partial charge in [0.15, 0.2) is 5.60 Å². The zero-order chi connectivity index (χ0) is 16.5. The molecule has 2 rings (SSSR count). The molecule has 1 aliphatic rings. The van der Waals surface area contributed by atoms with Crippen LogP contribution in [-0.4, -0.2) is 33.7 Å². The van der Waals surface area contributed by atoms with Gasteiger partial charge in [0.25, 0.3) is 5.91 Å². The summed E-state index contributed by atoms with van der Waals surface area (Å²) in [5.41, 5.74) is -0.760. The number of ether oxygens (including phenoxy) is 1. The smallest absolute Gasteiger partial charge is 0.326 e. The molecule has 120 valence electrons. The van der Waals surface area contributed by atoms with E-state index in [1.165, 1.54) is 17.0 Å². The van der Waals surface area contributed by atoms with Crippen LogP contribution >= 0.6 is 0 Å². The number of amides is 1. The zero-order valence-corrected chi connectivity index (χ0v) is 13.0. The van der Waals surface area contributed by atoms with E-state index in [0.29, 0.717) is 24.3 Å². The van der Waals surface area contributed by atoms with Crippen molar-refractivity contribution in [2.75, 3.05) is 4.90 Å². The molecule has 0 saturated heterocycles. The van der Waals surface area contributed by atoms with Crippen LogP contribution in [0, 0.1) is 0 Å². The highest BCUT2D eigenvalue weighted by Crippen LogP contribution is 2.43. The molecule has 0 aliphatic carbocycles. The minimum atomic E-state index is -1.08. The van der Waals surface area contributed by atoms with E-state index in [2.05, 4.69) is 0 Å². The van der Waals surface area contributed by atoms with Crippen LogP contribution in [0.1, 0.15) is 40.0 Å². The van der Waals surface area contributed by atoms with Crippen molar-refractivity contribution < 1.29 is 24.5 Å². The molecule has 1 amide bonds. The monoisotopic (exact) mass is 307 g/mol. The third-order valence-corrected chi connectivity index (χ3v) is 4.24. The number of carboxylic acids is 1. The molecule has 0 bridgehead atoms. The second-order valence-corrected chi connectivity index (χ2v) is 5.39. The summed E-state index contributed by atoms with van der Waals surface area (Å²) in [4.78, 5) is 25.8. The first kappa shape index (κ1) is 16.1. The molecule has 22 heavy (non-hydrogen) atoms. The van der Waals surface area contributed by atoms with Gasteiger partial charge in [-0.2, -0.15) is 0 Å². The van der Waals surface area contributed by atoms with Gasteiger partial charge in [0, 0.05) is 6.07 Å². The number of fused-ring (bicyclic) bond motifs is 1. The summed E-state index contributed by atoms with van der Waals surface area (Å²) in [5, 5.41) is 19.1. The van der Waals surface area contributed by atoms with Crippen LogP contribution in [0.2, 0.25) is 0 Å². The lowest BCUT2D eigenvalue weighted by Crippen LogP contribution is -2.60. The topological polar surface area (TPSA) is 87.1 Å². The Morgan fingerprint density at radius 2 is 1.95 bits per heavy atom. The predicted molar refractivity (Wildman–Crippen MR) is 81.2 cm³/mol. The molecule has 1 aromatic carbocycles. The first-order chi connectivity index (χ1) is 10.4. The second kappa shape index (κ2) is 5.87. The highest BCUT2D eigenvalue weighted by molar-refractivity contribution is 6.06. The van der Waals surface area contributed by atoms with Gasteiger partial charge in [0.1, 0.15) is 17.5 Å². The van der Waals surface area contributed by atoms with Crippen molar-refractivity contribution in [3.8, 4) is 11.5 Å². The standard InChI is InChI=1S/C16H21NO5/c1-4-11(14(19)20)17-12-9-10(18)7-8-13(12)22-16(5-2,6-3)15(17)21/h7-9,11,18H,4-6H2,1-3H3,(H,19,20). The van der Waals surface area contributed by atoms with E-state index >= 15 is 0 Å². The Labute approximate surface area is 129 Å². The molecule has 0 saturated carbocycles. The van der Waals surface area contributed by atoms with Gasteiger partial charge in [0.2, 0.25) is 0 Å². The second-order valence-electron chi connectivity index (χ2n) is 5.39. The predicted octanol–water partition coefficient (Wildman–Crippen LogP) is 2.54. The van der Waals surface area contributed by atoms with Gasteiger partial charge in [-0.3, -0.25) is 9.69 Å². The van der Waals surface area contributed by atoms with Gasteiger partial charge < -0.3 is 14.9 Å². The molecule has 0 spiro atoms. The number of aromatic hydroxyl groups is 1. The minimum Gasteiger partial charge on any atom is -0.508 e. The van der Waals surface area contributed by atoms with Crippen LogP contribution in [0.4, 0.5) is 5.69 Å². The summed E-state index contributed by atoms with van der Waals surface area (Å²) in [5.74, 6) is -1.07. The van der Waals surface area contributed by atoms with Crippen molar-refractivity contribution in [2.45, 2.75) is 51.7 Å². The number of carbonyl (C=O) groups excluding carboxylic acids is 1. The lowest BCUT2D eigenvalue weighted by Gasteiger charge is -2.43. The average molecular weight is 307 g/mol. The number of nitrogens with zero attached hydrogens (tertiary/aromatic N) is 1. The molecular formula is C16H21NO5. The van der Waals surface area contributed by atoms with Gasteiger partial charge in [-0.05, 0) is 31.4 Å². The van der Waals surface area contributed by atoms with E-state index in [-0.39, 0.29) is 18.1 Å². The normalized spacial score (nSPS) is 17.6. The fourth-order valence-electron chi connectivity index (χ4n) is 2.84. The minimum absolute atomic E-state index is 0.0408. The van der Waals surface area contributed by atoms with Gasteiger partial charge in [-0.1, -0.05) is 20.8 Å². The highest BCUT2D eigenvalue weighted by Gasteiger charge is 2.49. The molecule has 2 N–H and O–H groups in total. The maximum atomic E-state index is 12.9. The van der Waals surface area contributed by atoms with Gasteiger partial charge >= 0.3 is 5.97 Å². The van der Waals surface area contributed by atoms with Crippen molar-refractivity contribution in [1.29, 1.82) is 0 Å². The SMILES string of the molecule is CCC(C(=O)O)N1C(=O)C(CC)(CC)Oc2ccc(O)cc21. The zero-order valence-electron chi connectivity index (χ0n) is 13.0. The first-order valence-corrected chi connectivity index (χ1v) is 7.48. The number of carbonyl (C=O) groups is 2. The van der Waals surface area contributed by atoms with Crippen molar-refractivity contribution in [3.05, 3.63) is 18.2 Å². The Bertz CT molecular complexity index is 594. The fraction of sp³-hybridized carbons (Fsp3) is 0.500. The Morgan fingerprint density at radius 1 is 1.32 bits per heavy atom. The molecule has 1 aliphatic heterocycles. The fourth-order valence-corrected chi connectivity index (χ4v) is 2.84. The van der Waals surface area contributed by atoms with Gasteiger partial charge in [0.05, 0.1) is 5.69 Å². The van der Waals surface area contributed by atoms with Gasteiger partial charge in [-0.15, -0.1) is 0 Å². The van der Waals surface area contributed by atoms with Crippen LogP contribution in [0.5, 0.6) is 11.5 Å². The third-order valence-electron chi connectivity index (χ3n) is 4.24. The van der Waals surface area contributed by atoms with E-state index < -0.39 is 17.6 Å².